The van der Waals surface area contributed by atoms with Crippen LogP contribution in [0.4, 0.5) is 0 Å². The Morgan fingerprint density at radius 1 is 1.22 bits per heavy atom. The predicted octanol–water partition coefficient (Wildman–Crippen LogP) is 2.42. The van der Waals surface area contributed by atoms with Crippen LogP contribution < -0.4 is 5.32 Å². The Kier molecular flexibility index (Phi) is 4.52. The van der Waals surface area contributed by atoms with E-state index in [1.807, 2.05) is 53.2 Å². The number of hydrogen-bond donors (Lipinski definition) is 1. The van der Waals surface area contributed by atoms with Crippen molar-refractivity contribution in [3.63, 3.8) is 0 Å². The monoisotopic (exact) mass is 310 g/mol. The Morgan fingerprint density at radius 3 is 2.78 bits per heavy atom. The average molecular weight is 310 g/mol. The number of aryl methyl sites for hydroxylation is 1. The van der Waals surface area contributed by atoms with Crippen LogP contribution in [-0.2, 0) is 13.6 Å². The van der Waals surface area contributed by atoms with Gasteiger partial charge < -0.3 is 5.32 Å². The molecule has 3 aromatic rings. The first kappa shape index (κ1) is 15.4. The molecule has 0 aliphatic carbocycles. The van der Waals surface area contributed by atoms with Crippen molar-refractivity contribution in [1.29, 1.82) is 0 Å². The fourth-order valence-corrected chi connectivity index (χ4v) is 2.60. The van der Waals surface area contributed by atoms with E-state index in [9.17, 15) is 0 Å². The van der Waals surface area contributed by atoms with Crippen molar-refractivity contribution in [2.45, 2.75) is 32.5 Å². The van der Waals surface area contributed by atoms with E-state index in [0.717, 1.165) is 17.8 Å². The zero-order chi connectivity index (χ0) is 16.2. The van der Waals surface area contributed by atoms with Crippen LogP contribution in [0.15, 0.2) is 49.2 Å². The molecule has 0 radical (unpaired) electrons. The fraction of sp³-hybridized carbons (Fsp3) is 0.353. The van der Waals surface area contributed by atoms with Gasteiger partial charge in [-0.3, -0.25) is 14.3 Å². The molecule has 0 aromatic carbocycles. The molecule has 0 aliphatic heterocycles. The summed E-state index contributed by atoms with van der Waals surface area (Å²) in [4.78, 5) is 4.19. The Morgan fingerprint density at radius 2 is 2.09 bits per heavy atom. The summed E-state index contributed by atoms with van der Waals surface area (Å²) in [6.07, 6.45) is 9.49. The molecular formula is C17H22N6. The van der Waals surface area contributed by atoms with Gasteiger partial charge in [-0.25, -0.2) is 0 Å². The van der Waals surface area contributed by atoms with E-state index in [4.69, 9.17) is 0 Å². The van der Waals surface area contributed by atoms with Crippen molar-refractivity contribution in [2.24, 2.45) is 7.05 Å². The molecule has 120 valence electrons. The van der Waals surface area contributed by atoms with Gasteiger partial charge in [-0.15, -0.1) is 0 Å². The van der Waals surface area contributed by atoms with Crippen molar-refractivity contribution in [3.05, 3.63) is 54.7 Å². The number of pyridine rings is 1. The van der Waals surface area contributed by atoms with E-state index in [-0.39, 0.29) is 12.1 Å². The summed E-state index contributed by atoms with van der Waals surface area (Å²) in [6, 6.07) is 6.49. The summed E-state index contributed by atoms with van der Waals surface area (Å²) in [5.41, 5.74) is 3.18. The molecule has 23 heavy (non-hydrogen) atoms. The minimum atomic E-state index is 0.281. The Bertz CT molecular complexity index is 732. The third-order valence-electron chi connectivity index (χ3n) is 4.12. The van der Waals surface area contributed by atoms with Gasteiger partial charge in [-0.05, 0) is 32.0 Å². The van der Waals surface area contributed by atoms with E-state index >= 15 is 0 Å². The third kappa shape index (κ3) is 3.48. The number of aromatic nitrogens is 5. The molecule has 0 unspecified atom stereocenters. The molecule has 6 nitrogen and oxygen atoms in total. The first-order valence-electron chi connectivity index (χ1n) is 7.80. The maximum absolute atomic E-state index is 4.57. The van der Waals surface area contributed by atoms with E-state index in [1.54, 1.807) is 6.20 Å². The topological polar surface area (TPSA) is 60.6 Å². The van der Waals surface area contributed by atoms with Crippen LogP contribution >= 0.6 is 0 Å². The Balaban J connectivity index is 1.71. The number of hydrogen-bond acceptors (Lipinski definition) is 4. The number of rotatable bonds is 6. The largest absolute Gasteiger partial charge is 0.308 e. The van der Waals surface area contributed by atoms with Crippen molar-refractivity contribution in [2.75, 3.05) is 0 Å². The van der Waals surface area contributed by atoms with Crippen molar-refractivity contribution in [1.82, 2.24) is 29.9 Å². The summed E-state index contributed by atoms with van der Waals surface area (Å²) in [7, 11) is 1.94. The zero-order valence-electron chi connectivity index (χ0n) is 13.7. The molecule has 0 saturated carbocycles. The van der Waals surface area contributed by atoms with Crippen molar-refractivity contribution < 1.29 is 0 Å². The smallest absolute Gasteiger partial charge is 0.0983 e. The molecule has 3 rings (SSSR count). The lowest BCUT2D eigenvalue weighted by atomic mass is 10.1. The maximum atomic E-state index is 4.57. The molecule has 0 aliphatic rings. The highest BCUT2D eigenvalue weighted by molar-refractivity contribution is 5.61. The number of nitrogens with one attached hydrogen (secondary N) is 1. The molecule has 2 atom stereocenters. The van der Waals surface area contributed by atoms with Crippen LogP contribution in [-0.4, -0.2) is 30.6 Å². The molecule has 6 heteroatoms. The fourth-order valence-electron chi connectivity index (χ4n) is 2.60. The molecule has 1 N–H and O–H groups in total. The molecule has 0 bridgehead atoms. The normalized spacial score (nSPS) is 13.9. The lowest BCUT2D eigenvalue weighted by Gasteiger charge is -2.21. The van der Waals surface area contributed by atoms with Gasteiger partial charge in [0.1, 0.15) is 0 Å². The van der Waals surface area contributed by atoms with Crippen molar-refractivity contribution >= 4 is 0 Å². The Labute approximate surface area is 136 Å². The highest BCUT2D eigenvalue weighted by atomic mass is 15.3. The lowest BCUT2D eigenvalue weighted by molar-refractivity contribution is 0.365. The van der Waals surface area contributed by atoms with E-state index in [1.165, 1.54) is 5.56 Å². The molecule has 3 heterocycles. The lowest BCUT2D eigenvalue weighted by Crippen LogP contribution is -2.33. The van der Waals surface area contributed by atoms with Gasteiger partial charge in [0, 0.05) is 61.7 Å². The van der Waals surface area contributed by atoms with Gasteiger partial charge in [0.05, 0.1) is 11.7 Å². The standard InChI is InChI=1S/C17H22N6/c1-13(14(2)23-9-5-8-20-23)19-11-16-12-22(3)21-17(16)15-6-4-7-18-10-15/h4-10,12-14,19H,11H2,1-3H3/t13-,14+/m1/s1. The van der Waals surface area contributed by atoms with E-state index < -0.39 is 0 Å². The van der Waals surface area contributed by atoms with E-state index in [2.05, 4.69) is 40.5 Å². The molecular weight excluding hydrogens is 288 g/mol. The predicted molar refractivity (Wildman–Crippen MR) is 89.7 cm³/mol. The van der Waals surface area contributed by atoms with Crippen LogP contribution in [0, 0.1) is 0 Å². The van der Waals surface area contributed by atoms with Gasteiger partial charge in [-0.1, -0.05) is 0 Å². The van der Waals surface area contributed by atoms with Gasteiger partial charge in [0.15, 0.2) is 0 Å². The van der Waals surface area contributed by atoms with Gasteiger partial charge >= 0.3 is 0 Å². The third-order valence-corrected chi connectivity index (χ3v) is 4.12. The van der Waals surface area contributed by atoms with Gasteiger partial charge in [0.2, 0.25) is 0 Å². The second-order valence-corrected chi connectivity index (χ2v) is 5.81. The quantitative estimate of drug-likeness (QED) is 0.759. The highest BCUT2D eigenvalue weighted by Gasteiger charge is 2.16. The molecule has 3 aromatic heterocycles. The molecule has 0 spiro atoms. The summed E-state index contributed by atoms with van der Waals surface area (Å²) in [6.45, 7) is 5.09. The van der Waals surface area contributed by atoms with E-state index in [0.29, 0.717) is 0 Å². The Hall–Kier alpha value is -2.47. The highest BCUT2D eigenvalue weighted by Crippen LogP contribution is 2.21. The molecule has 0 amide bonds. The van der Waals surface area contributed by atoms with Crippen LogP contribution in [0.5, 0.6) is 0 Å². The van der Waals surface area contributed by atoms with Gasteiger partial charge in [0.25, 0.3) is 0 Å². The average Bonchev–Trinajstić information content (AvgIpc) is 3.22. The molecule has 0 fully saturated rings. The first-order chi connectivity index (χ1) is 11.1. The van der Waals surface area contributed by atoms with Gasteiger partial charge in [-0.2, -0.15) is 10.2 Å². The van der Waals surface area contributed by atoms with Crippen molar-refractivity contribution in [3.8, 4) is 11.3 Å². The minimum Gasteiger partial charge on any atom is -0.308 e. The summed E-state index contributed by atoms with van der Waals surface area (Å²) in [5, 5.41) is 12.5. The zero-order valence-corrected chi connectivity index (χ0v) is 13.7. The SMILES string of the molecule is C[C@@H](NCc1cn(C)nc1-c1cccnc1)[C@H](C)n1cccn1. The van der Waals surface area contributed by atoms with Crippen LogP contribution in [0.1, 0.15) is 25.5 Å². The first-order valence-corrected chi connectivity index (χ1v) is 7.80. The second kappa shape index (κ2) is 6.75. The summed E-state index contributed by atoms with van der Waals surface area (Å²) in [5.74, 6) is 0. The second-order valence-electron chi connectivity index (χ2n) is 5.81. The minimum absolute atomic E-state index is 0.281. The van der Waals surface area contributed by atoms with Crippen LogP contribution in [0.3, 0.4) is 0 Å². The summed E-state index contributed by atoms with van der Waals surface area (Å²) < 4.78 is 3.82. The number of nitrogens with zero attached hydrogens (tertiary/aromatic N) is 5. The molecule has 0 saturated heterocycles. The maximum Gasteiger partial charge on any atom is 0.0983 e. The summed E-state index contributed by atoms with van der Waals surface area (Å²) >= 11 is 0. The van der Waals surface area contributed by atoms with Crippen LogP contribution in [0.2, 0.25) is 0 Å². The van der Waals surface area contributed by atoms with Crippen LogP contribution in [0.25, 0.3) is 11.3 Å².